The predicted molar refractivity (Wildman–Crippen MR) is 102 cm³/mol. The Morgan fingerprint density at radius 3 is 2.72 bits per heavy atom. The first-order chi connectivity index (χ1) is 11.9. The van der Waals surface area contributed by atoms with Crippen LogP contribution in [0.2, 0.25) is 0 Å². The highest BCUT2D eigenvalue weighted by Gasteiger charge is 2.27. The summed E-state index contributed by atoms with van der Waals surface area (Å²) in [5, 5.41) is 0.975. The van der Waals surface area contributed by atoms with E-state index in [4.69, 9.17) is 5.73 Å². The summed E-state index contributed by atoms with van der Waals surface area (Å²) in [6.07, 6.45) is 5.16. The number of amides is 1. The number of fused-ring (bicyclic) bond motifs is 1. The van der Waals surface area contributed by atoms with E-state index in [1.165, 1.54) is 11.3 Å². The van der Waals surface area contributed by atoms with Crippen LogP contribution in [0.25, 0.3) is 21.3 Å². The zero-order valence-electron chi connectivity index (χ0n) is 13.4. The van der Waals surface area contributed by atoms with Gasteiger partial charge in [0.2, 0.25) is 0 Å². The van der Waals surface area contributed by atoms with E-state index in [2.05, 4.69) is 16.0 Å². The van der Waals surface area contributed by atoms with Crippen LogP contribution in [0.1, 0.15) is 34.7 Å². The van der Waals surface area contributed by atoms with Gasteiger partial charge in [-0.25, -0.2) is 0 Å². The summed E-state index contributed by atoms with van der Waals surface area (Å²) in [5.41, 5.74) is 10.6. The number of benzene rings is 1. The Hall–Kier alpha value is -1.87. The van der Waals surface area contributed by atoms with E-state index < -0.39 is 16.5 Å². The Balaban J connectivity index is 1.83. The van der Waals surface area contributed by atoms with E-state index in [1.54, 1.807) is 17.8 Å². The number of carbonyl (C=O) groups is 1. The number of aromatic amines is 1. The maximum Gasteiger partial charge on any atom is 0.250 e. The van der Waals surface area contributed by atoms with Crippen LogP contribution in [0.4, 0.5) is 0 Å². The van der Waals surface area contributed by atoms with Crippen molar-refractivity contribution in [2.45, 2.75) is 18.8 Å². The van der Waals surface area contributed by atoms with Crippen molar-refractivity contribution in [1.82, 2.24) is 9.97 Å². The Kier molecular flexibility index (Phi) is 4.07. The van der Waals surface area contributed by atoms with Crippen molar-refractivity contribution < 1.29 is 13.9 Å². The number of H-pyrrole nitrogens is 1. The first-order valence-electron chi connectivity index (χ1n) is 8.02. The van der Waals surface area contributed by atoms with E-state index in [1.807, 2.05) is 6.20 Å². The molecule has 8 heteroatoms. The lowest BCUT2D eigenvalue weighted by molar-refractivity contribution is 0.100. The number of hydrogen-bond donors (Lipinski definition) is 4. The molecule has 1 saturated heterocycles. The molecule has 2 aromatic heterocycles. The second-order valence-corrected chi connectivity index (χ2v) is 9.71. The van der Waals surface area contributed by atoms with Crippen molar-refractivity contribution in [2.24, 2.45) is 5.73 Å². The number of nitrogens with zero attached hydrogens (tertiary/aromatic N) is 1. The molecule has 0 saturated carbocycles. The standard InChI is InChI=1S/C17H19N3O3S2/c18-17(21)13-6-11(15-8-19-9-24-15)5-12-14(7-20-16(12)13)10-1-3-25(22,23)4-2-10/h5-10,20,22-23H,1-4H2,(H2,18,21). The molecule has 5 N–H and O–H groups in total. The van der Waals surface area contributed by atoms with Gasteiger partial charge in [-0.15, -0.1) is 11.3 Å². The van der Waals surface area contributed by atoms with Crippen molar-refractivity contribution >= 4 is 38.7 Å². The largest absolute Gasteiger partial charge is 0.366 e. The predicted octanol–water partition coefficient (Wildman–Crippen LogP) is 4.02. The second-order valence-electron chi connectivity index (χ2n) is 6.41. The molecular formula is C17H19N3O3S2. The van der Waals surface area contributed by atoms with Crippen LogP contribution in [-0.2, 0) is 0 Å². The molecule has 25 heavy (non-hydrogen) atoms. The average molecular weight is 377 g/mol. The van der Waals surface area contributed by atoms with Gasteiger partial charge >= 0.3 is 0 Å². The summed E-state index contributed by atoms with van der Waals surface area (Å²) in [4.78, 5) is 20.2. The summed E-state index contributed by atoms with van der Waals surface area (Å²) in [6, 6.07) is 3.86. The summed E-state index contributed by atoms with van der Waals surface area (Å²) < 4.78 is 19.7. The minimum Gasteiger partial charge on any atom is -0.366 e. The third-order valence-electron chi connectivity index (χ3n) is 4.83. The second kappa shape index (κ2) is 6.14. The number of hydrogen-bond acceptors (Lipinski definition) is 5. The Morgan fingerprint density at radius 2 is 2.08 bits per heavy atom. The number of nitrogens with two attached hydrogens (primary N) is 1. The van der Waals surface area contributed by atoms with Crippen molar-refractivity contribution in [3.63, 3.8) is 0 Å². The molecule has 1 aliphatic rings. The molecule has 0 aliphatic carbocycles. The number of rotatable bonds is 3. The minimum atomic E-state index is -2.42. The maximum atomic E-state index is 11.9. The zero-order valence-corrected chi connectivity index (χ0v) is 15.1. The number of thiazole rings is 1. The first kappa shape index (κ1) is 16.6. The van der Waals surface area contributed by atoms with Gasteiger partial charge in [0.05, 0.1) is 21.5 Å². The maximum absolute atomic E-state index is 11.9. The van der Waals surface area contributed by atoms with Crippen LogP contribution in [0, 0.1) is 0 Å². The molecule has 0 unspecified atom stereocenters. The van der Waals surface area contributed by atoms with Gasteiger partial charge in [-0.2, -0.15) is 10.6 Å². The molecule has 0 atom stereocenters. The smallest absolute Gasteiger partial charge is 0.250 e. The Bertz CT molecular complexity index is 924. The molecule has 0 bridgehead atoms. The van der Waals surface area contributed by atoms with Crippen LogP contribution in [0.3, 0.4) is 0 Å². The highest BCUT2D eigenvalue weighted by Crippen LogP contribution is 2.49. The molecule has 1 aromatic carbocycles. The lowest BCUT2D eigenvalue weighted by Crippen LogP contribution is -2.19. The van der Waals surface area contributed by atoms with Crippen LogP contribution in [-0.4, -0.2) is 36.5 Å². The van der Waals surface area contributed by atoms with E-state index >= 15 is 0 Å². The molecule has 132 valence electrons. The SMILES string of the molecule is NC(=O)c1cc(-c2cncs2)cc2c(C3CCS(O)(O)CC3)c[nH]c12. The summed E-state index contributed by atoms with van der Waals surface area (Å²) in [5.74, 6) is 0.636. The molecule has 6 nitrogen and oxygen atoms in total. The van der Waals surface area contributed by atoms with Gasteiger partial charge in [-0.3, -0.25) is 18.9 Å². The Morgan fingerprint density at radius 1 is 1.32 bits per heavy atom. The molecular weight excluding hydrogens is 358 g/mol. The zero-order chi connectivity index (χ0) is 17.6. The molecule has 0 spiro atoms. The lowest BCUT2D eigenvalue weighted by atomic mass is 9.91. The number of nitrogens with one attached hydrogen (secondary N) is 1. The monoisotopic (exact) mass is 377 g/mol. The van der Waals surface area contributed by atoms with Crippen LogP contribution in [0.5, 0.6) is 0 Å². The number of primary amides is 1. The van der Waals surface area contributed by atoms with Gasteiger partial charge in [-0.05, 0) is 42.0 Å². The van der Waals surface area contributed by atoms with Crippen molar-refractivity contribution in [2.75, 3.05) is 11.5 Å². The molecule has 3 aromatic rings. The Labute approximate surface area is 150 Å². The fraction of sp³-hybridized carbons (Fsp3) is 0.294. The molecule has 4 rings (SSSR count). The third-order valence-corrected chi connectivity index (χ3v) is 7.43. The molecule has 1 amide bonds. The van der Waals surface area contributed by atoms with Crippen LogP contribution in [0.15, 0.2) is 30.0 Å². The van der Waals surface area contributed by atoms with Crippen molar-refractivity contribution in [1.29, 1.82) is 0 Å². The van der Waals surface area contributed by atoms with Gasteiger partial charge in [0, 0.05) is 29.3 Å². The number of carbonyl (C=O) groups excluding carboxylic acids is 1. The van der Waals surface area contributed by atoms with Crippen molar-refractivity contribution in [3.8, 4) is 10.4 Å². The van der Waals surface area contributed by atoms with Crippen molar-refractivity contribution in [3.05, 3.63) is 41.2 Å². The fourth-order valence-corrected chi connectivity index (χ4v) is 5.64. The van der Waals surface area contributed by atoms with E-state index in [0.29, 0.717) is 17.1 Å². The first-order valence-corrected chi connectivity index (χ1v) is 10.8. The quantitative estimate of drug-likeness (QED) is 0.552. The van der Waals surface area contributed by atoms with Gasteiger partial charge in [0.25, 0.3) is 5.91 Å². The molecule has 1 aliphatic heterocycles. The normalized spacial score (nSPS) is 19.1. The summed E-state index contributed by atoms with van der Waals surface area (Å²) in [6.45, 7) is 0. The molecule has 0 radical (unpaired) electrons. The highest BCUT2D eigenvalue weighted by atomic mass is 32.3. The molecule has 1 fully saturated rings. The van der Waals surface area contributed by atoms with Gasteiger partial charge in [0.15, 0.2) is 0 Å². The van der Waals surface area contributed by atoms with Gasteiger partial charge in [0.1, 0.15) is 0 Å². The summed E-state index contributed by atoms with van der Waals surface area (Å²) >= 11 is 1.51. The lowest BCUT2D eigenvalue weighted by Gasteiger charge is -2.39. The van der Waals surface area contributed by atoms with E-state index in [0.717, 1.165) is 39.7 Å². The van der Waals surface area contributed by atoms with E-state index in [9.17, 15) is 13.9 Å². The van der Waals surface area contributed by atoms with Crippen LogP contribution < -0.4 is 5.73 Å². The topological polar surface area (TPSA) is 112 Å². The average Bonchev–Trinajstić information content (AvgIpc) is 3.23. The molecule has 3 heterocycles. The highest BCUT2D eigenvalue weighted by molar-refractivity contribution is 8.24. The van der Waals surface area contributed by atoms with Crippen LogP contribution >= 0.6 is 21.9 Å². The third kappa shape index (κ3) is 3.06. The summed E-state index contributed by atoms with van der Waals surface area (Å²) in [7, 11) is -2.42. The minimum absolute atomic E-state index is 0.242. The van der Waals surface area contributed by atoms with Gasteiger partial charge in [-0.1, -0.05) is 0 Å². The fourth-order valence-electron chi connectivity index (χ4n) is 3.51. The van der Waals surface area contributed by atoms with Gasteiger partial charge < -0.3 is 10.7 Å². The van der Waals surface area contributed by atoms with E-state index in [-0.39, 0.29) is 5.92 Å². The number of aromatic nitrogens is 2.